The van der Waals surface area contributed by atoms with Gasteiger partial charge in [0.1, 0.15) is 11.6 Å². The first-order chi connectivity index (χ1) is 14.1. The zero-order valence-electron chi connectivity index (χ0n) is 17.1. The number of anilines is 1. The number of benzene rings is 2. The largest absolute Gasteiger partial charge is 0.493 e. The number of amides is 1. The number of ether oxygens (including phenoxy) is 1. The Balaban J connectivity index is 1.32. The Kier molecular flexibility index (Phi) is 5.65. The van der Waals surface area contributed by atoms with Crippen LogP contribution in [0.3, 0.4) is 0 Å². The Morgan fingerprint density at radius 3 is 2.79 bits per heavy atom. The van der Waals surface area contributed by atoms with Gasteiger partial charge in [0.05, 0.1) is 13.0 Å². The van der Waals surface area contributed by atoms with Gasteiger partial charge in [-0.25, -0.2) is 4.98 Å². The molecule has 5 heteroatoms. The van der Waals surface area contributed by atoms with Crippen LogP contribution in [0.25, 0.3) is 11.4 Å². The van der Waals surface area contributed by atoms with Crippen molar-refractivity contribution >= 4 is 11.6 Å². The summed E-state index contributed by atoms with van der Waals surface area (Å²) in [5.41, 5.74) is 5.48. The lowest BCUT2D eigenvalue weighted by Gasteiger charge is -2.16. The third kappa shape index (κ3) is 4.34. The van der Waals surface area contributed by atoms with Gasteiger partial charge in [-0.2, -0.15) is 0 Å². The van der Waals surface area contributed by atoms with Crippen molar-refractivity contribution in [3.8, 4) is 17.1 Å². The zero-order chi connectivity index (χ0) is 20.2. The summed E-state index contributed by atoms with van der Waals surface area (Å²) in [6.45, 7) is 5.47. The number of fused-ring (bicyclic) bond motifs is 1. The number of nitrogens with one attached hydrogen (secondary N) is 1. The SMILES string of the molecule is Cc1cccc(OCCC(=O)Nc2ccc(-c3ncc4n3CCCC4)cc2)c1C. The summed E-state index contributed by atoms with van der Waals surface area (Å²) in [6.07, 6.45) is 5.84. The minimum absolute atomic E-state index is 0.0544. The maximum absolute atomic E-state index is 12.3. The van der Waals surface area contributed by atoms with Gasteiger partial charge in [0.2, 0.25) is 5.91 Å². The molecule has 0 spiro atoms. The van der Waals surface area contributed by atoms with Crippen molar-refractivity contribution in [1.82, 2.24) is 9.55 Å². The molecule has 1 aromatic heterocycles. The number of imidazole rings is 1. The van der Waals surface area contributed by atoms with Gasteiger partial charge in [-0.05, 0) is 74.6 Å². The quantitative estimate of drug-likeness (QED) is 0.652. The molecule has 0 aliphatic carbocycles. The lowest BCUT2D eigenvalue weighted by molar-refractivity contribution is -0.116. The Labute approximate surface area is 171 Å². The monoisotopic (exact) mass is 389 g/mol. The second-order valence-corrected chi connectivity index (χ2v) is 7.60. The molecule has 4 rings (SSSR count). The first-order valence-electron chi connectivity index (χ1n) is 10.3. The molecule has 1 N–H and O–H groups in total. The molecule has 0 atom stereocenters. The van der Waals surface area contributed by atoms with E-state index in [-0.39, 0.29) is 5.91 Å². The third-order valence-electron chi connectivity index (χ3n) is 5.57. The molecule has 29 heavy (non-hydrogen) atoms. The van der Waals surface area contributed by atoms with E-state index in [1.807, 2.05) is 49.5 Å². The Hall–Kier alpha value is -3.08. The van der Waals surface area contributed by atoms with E-state index in [2.05, 4.69) is 27.9 Å². The number of hydrogen-bond donors (Lipinski definition) is 1. The molecular formula is C24H27N3O2. The van der Waals surface area contributed by atoms with Crippen LogP contribution in [0.2, 0.25) is 0 Å². The van der Waals surface area contributed by atoms with Crippen molar-refractivity contribution in [3.63, 3.8) is 0 Å². The van der Waals surface area contributed by atoms with Gasteiger partial charge in [-0.1, -0.05) is 12.1 Å². The van der Waals surface area contributed by atoms with E-state index in [9.17, 15) is 4.79 Å². The molecule has 0 radical (unpaired) electrons. The molecule has 3 aromatic rings. The molecule has 0 saturated heterocycles. The topological polar surface area (TPSA) is 56.1 Å². The second-order valence-electron chi connectivity index (χ2n) is 7.60. The number of hydrogen-bond acceptors (Lipinski definition) is 3. The molecule has 1 aliphatic rings. The predicted molar refractivity (Wildman–Crippen MR) is 115 cm³/mol. The standard InChI is InChI=1S/C24H27N3O2/c1-17-6-5-8-22(18(17)2)29-15-13-23(28)26-20-11-9-19(10-12-20)24-25-16-21-7-3-4-14-27(21)24/h5-6,8-12,16H,3-4,7,13-15H2,1-2H3,(H,26,28). The molecule has 5 nitrogen and oxygen atoms in total. The molecule has 2 heterocycles. The van der Waals surface area contributed by atoms with Gasteiger partial charge in [-0.3, -0.25) is 4.79 Å². The smallest absolute Gasteiger partial charge is 0.227 e. The van der Waals surface area contributed by atoms with E-state index in [1.54, 1.807) is 0 Å². The number of rotatable bonds is 6. The Bertz CT molecular complexity index is 1010. The van der Waals surface area contributed by atoms with Crippen LogP contribution < -0.4 is 10.1 Å². The van der Waals surface area contributed by atoms with Crippen molar-refractivity contribution in [2.75, 3.05) is 11.9 Å². The van der Waals surface area contributed by atoms with Crippen molar-refractivity contribution < 1.29 is 9.53 Å². The highest BCUT2D eigenvalue weighted by Gasteiger charge is 2.15. The lowest BCUT2D eigenvalue weighted by atomic mass is 10.1. The summed E-state index contributed by atoms with van der Waals surface area (Å²) >= 11 is 0. The highest BCUT2D eigenvalue weighted by molar-refractivity contribution is 5.91. The van der Waals surface area contributed by atoms with E-state index in [0.29, 0.717) is 13.0 Å². The maximum atomic E-state index is 12.3. The first-order valence-corrected chi connectivity index (χ1v) is 10.3. The fourth-order valence-corrected chi connectivity index (χ4v) is 3.73. The fraction of sp³-hybridized carbons (Fsp3) is 0.333. The van der Waals surface area contributed by atoms with E-state index in [4.69, 9.17) is 4.74 Å². The Morgan fingerprint density at radius 2 is 1.97 bits per heavy atom. The van der Waals surface area contributed by atoms with Crippen LogP contribution >= 0.6 is 0 Å². The number of carbonyl (C=O) groups excluding carboxylic acids is 1. The molecule has 150 valence electrons. The Morgan fingerprint density at radius 1 is 1.14 bits per heavy atom. The molecule has 2 aromatic carbocycles. The third-order valence-corrected chi connectivity index (χ3v) is 5.57. The summed E-state index contributed by atoms with van der Waals surface area (Å²) in [5, 5.41) is 2.94. The lowest BCUT2D eigenvalue weighted by Crippen LogP contribution is -2.15. The van der Waals surface area contributed by atoms with Gasteiger partial charge >= 0.3 is 0 Å². The van der Waals surface area contributed by atoms with Gasteiger partial charge in [0.25, 0.3) is 0 Å². The van der Waals surface area contributed by atoms with E-state index in [0.717, 1.165) is 41.4 Å². The highest BCUT2D eigenvalue weighted by Crippen LogP contribution is 2.25. The van der Waals surface area contributed by atoms with E-state index in [1.165, 1.54) is 24.1 Å². The number of aryl methyl sites for hydroxylation is 2. The first kappa shape index (κ1) is 19.2. The van der Waals surface area contributed by atoms with E-state index >= 15 is 0 Å². The van der Waals surface area contributed by atoms with Crippen LogP contribution in [0, 0.1) is 13.8 Å². The van der Waals surface area contributed by atoms with Crippen molar-refractivity contribution in [2.45, 2.75) is 46.1 Å². The normalized spacial score (nSPS) is 13.0. The molecule has 0 saturated carbocycles. The summed E-state index contributed by atoms with van der Waals surface area (Å²) in [6, 6.07) is 13.9. The average molecular weight is 389 g/mol. The summed E-state index contributed by atoms with van der Waals surface area (Å²) in [4.78, 5) is 16.9. The van der Waals surface area contributed by atoms with Gasteiger partial charge in [-0.15, -0.1) is 0 Å². The summed E-state index contributed by atoms with van der Waals surface area (Å²) in [5.74, 6) is 1.80. The van der Waals surface area contributed by atoms with Crippen molar-refractivity contribution in [3.05, 3.63) is 65.5 Å². The summed E-state index contributed by atoms with van der Waals surface area (Å²) in [7, 11) is 0. The second kappa shape index (κ2) is 8.52. The zero-order valence-corrected chi connectivity index (χ0v) is 17.1. The predicted octanol–water partition coefficient (Wildman–Crippen LogP) is 4.91. The molecular weight excluding hydrogens is 362 g/mol. The molecule has 0 fully saturated rings. The van der Waals surface area contributed by atoms with Crippen molar-refractivity contribution in [2.24, 2.45) is 0 Å². The van der Waals surface area contributed by atoms with Crippen LogP contribution in [0.15, 0.2) is 48.7 Å². The van der Waals surface area contributed by atoms with Crippen LogP contribution in [-0.4, -0.2) is 22.1 Å². The molecule has 1 aliphatic heterocycles. The molecule has 0 bridgehead atoms. The number of carbonyl (C=O) groups is 1. The van der Waals surface area contributed by atoms with Gasteiger partial charge < -0.3 is 14.6 Å². The maximum Gasteiger partial charge on any atom is 0.227 e. The van der Waals surface area contributed by atoms with Crippen LogP contribution in [-0.2, 0) is 17.8 Å². The molecule has 0 unspecified atom stereocenters. The minimum Gasteiger partial charge on any atom is -0.493 e. The number of nitrogens with zero attached hydrogens (tertiary/aromatic N) is 2. The van der Waals surface area contributed by atoms with Crippen LogP contribution in [0.1, 0.15) is 36.1 Å². The fourth-order valence-electron chi connectivity index (χ4n) is 3.73. The van der Waals surface area contributed by atoms with Crippen LogP contribution in [0.4, 0.5) is 5.69 Å². The van der Waals surface area contributed by atoms with Crippen LogP contribution in [0.5, 0.6) is 5.75 Å². The van der Waals surface area contributed by atoms with Crippen molar-refractivity contribution in [1.29, 1.82) is 0 Å². The average Bonchev–Trinajstić information content (AvgIpc) is 3.16. The highest BCUT2D eigenvalue weighted by atomic mass is 16.5. The van der Waals surface area contributed by atoms with Gasteiger partial charge in [0.15, 0.2) is 0 Å². The van der Waals surface area contributed by atoms with Gasteiger partial charge in [0, 0.05) is 29.7 Å². The molecule has 1 amide bonds. The summed E-state index contributed by atoms with van der Waals surface area (Å²) < 4.78 is 8.08. The minimum atomic E-state index is -0.0544. The number of aromatic nitrogens is 2. The van der Waals surface area contributed by atoms with E-state index < -0.39 is 0 Å².